The fourth-order valence-electron chi connectivity index (χ4n) is 2.03. The number of hydrogen-bond acceptors (Lipinski definition) is 3. The molecule has 0 fully saturated rings. The number of fused-ring (bicyclic) bond motifs is 1. The van der Waals surface area contributed by atoms with E-state index in [9.17, 15) is 0 Å². The molecule has 0 aliphatic carbocycles. The van der Waals surface area contributed by atoms with Crippen molar-refractivity contribution in [1.29, 1.82) is 0 Å². The van der Waals surface area contributed by atoms with E-state index in [0.717, 1.165) is 24.3 Å². The predicted octanol–water partition coefficient (Wildman–Crippen LogP) is 1.88. The van der Waals surface area contributed by atoms with Gasteiger partial charge in [0, 0.05) is 18.7 Å². The van der Waals surface area contributed by atoms with Crippen LogP contribution in [-0.4, -0.2) is 20.3 Å². The minimum atomic E-state index is -0.0186. The molecule has 0 aromatic heterocycles. The molecule has 0 saturated heterocycles. The van der Waals surface area contributed by atoms with Crippen LogP contribution in [0.2, 0.25) is 0 Å². The van der Waals surface area contributed by atoms with E-state index in [4.69, 9.17) is 9.47 Å². The van der Waals surface area contributed by atoms with Gasteiger partial charge < -0.3 is 9.47 Å². The first-order chi connectivity index (χ1) is 7.36. The molecule has 1 N–H and O–H groups in total. The van der Waals surface area contributed by atoms with E-state index in [0.29, 0.717) is 6.61 Å². The number of rotatable bonds is 3. The third-order valence-electron chi connectivity index (χ3n) is 2.70. The summed E-state index contributed by atoms with van der Waals surface area (Å²) in [5.41, 5.74) is 2.49. The zero-order valence-electron chi connectivity index (χ0n) is 9.25. The molecular formula is C12H17NO2. The Kier molecular flexibility index (Phi) is 3.23. The molecule has 1 aromatic carbocycles. The molecule has 2 rings (SSSR count). The Morgan fingerprint density at radius 3 is 3.07 bits per heavy atom. The molecule has 0 spiro atoms. The summed E-state index contributed by atoms with van der Waals surface area (Å²) in [6.45, 7) is 3.67. The lowest BCUT2D eigenvalue weighted by molar-refractivity contribution is 0.0311. The normalized spacial score (nSPS) is 19.7. The summed E-state index contributed by atoms with van der Waals surface area (Å²) in [6, 6.07) is 6.16. The minimum Gasteiger partial charge on any atom is -0.496 e. The van der Waals surface area contributed by atoms with Gasteiger partial charge in [-0.05, 0) is 25.0 Å². The molecule has 82 valence electrons. The highest BCUT2D eigenvalue weighted by Gasteiger charge is 2.23. The maximum atomic E-state index is 5.66. The Labute approximate surface area is 90.4 Å². The van der Waals surface area contributed by atoms with Crippen LogP contribution < -0.4 is 10.1 Å². The van der Waals surface area contributed by atoms with E-state index < -0.39 is 0 Å². The van der Waals surface area contributed by atoms with Gasteiger partial charge in [0.05, 0.1) is 7.11 Å². The van der Waals surface area contributed by atoms with Gasteiger partial charge in [0.25, 0.3) is 0 Å². The number of ether oxygens (including phenoxy) is 2. The number of benzene rings is 1. The molecule has 1 aliphatic heterocycles. The largest absolute Gasteiger partial charge is 0.496 e. The van der Waals surface area contributed by atoms with Crippen LogP contribution in [-0.2, 0) is 11.2 Å². The topological polar surface area (TPSA) is 30.5 Å². The van der Waals surface area contributed by atoms with Gasteiger partial charge in [-0.3, -0.25) is 5.32 Å². The Hall–Kier alpha value is -1.06. The van der Waals surface area contributed by atoms with Crippen LogP contribution in [0.4, 0.5) is 0 Å². The maximum absolute atomic E-state index is 5.66. The zero-order valence-corrected chi connectivity index (χ0v) is 9.25. The zero-order chi connectivity index (χ0) is 10.7. The summed E-state index contributed by atoms with van der Waals surface area (Å²) < 4.78 is 11.0. The van der Waals surface area contributed by atoms with Crippen molar-refractivity contribution in [1.82, 2.24) is 5.32 Å². The lowest BCUT2D eigenvalue weighted by atomic mass is 9.98. The quantitative estimate of drug-likeness (QED) is 0.820. The summed E-state index contributed by atoms with van der Waals surface area (Å²) in [4.78, 5) is 0. The average molecular weight is 207 g/mol. The smallest absolute Gasteiger partial charge is 0.138 e. The van der Waals surface area contributed by atoms with E-state index in [-0.39, 0.29) is 6.23 Å². The van der Waals surface area contributed by atoms with Gasteiger partial charge in [-0.25, -0.2) is 0 Å². The van der Waals surface area contributed by atoms with E-state index in [1.807, 2.05) is 19.1 Å². The van der Waals surface area contributed by atoms with Gasteiger partial charge in [-0.15, -0.1) is 0 Å². The molecule has 1 atom stereocenters. The monoisotopic (exact) mass is 207 g/mol. The number of hydrogen-bond donors (Lipinski definition) is 1. The van der Waals surface area contributed by atoms with Gasteiger partial charge in [-0.1, -0.05) is 12.1 Å². The molecule has 1 aliphatic rings. The predicted molar refractivity (Wildman–Crippen MR) is 59.1 cm³/mol. The lowest BCUT2D eigenvalue weighted by Crippen LogP contribution is -2.32. The standard InChI is InChI=1S/C12H17NO2/c1-3-15-12-11-9(7-8-13-12)5-4-6-10(11)14-2/h4-6,12-13H,3,7-8H2,1-2H3. The highest BCUT2D eigenvalue weighted by molar-refractivity contribution is 5.43. The van der Waals surface area contributed by atoms with Gasteiger partial charge >= 0.3 is 0 Å². The SMILES string of the molecule is CCOC1NCCc2cccc(OC)c21. The van der Waals surface area contributed by atoms with E-state index in [2.05, 4.69) is 11.4 Å². The fraction of sp³-hybridized carbons (Fsp3) is 0.500. The number of nitrogens with one attached hydrogen (secondary N) is 1. The summed E-state index contributed by atoms with van der Waals surface area (Å²) >= 11 is 0. The Morgan fingerprint density at radius 1 is 1.47 bits per heavy atom. The van der Waals surface area contributed by atoms with Crippen LogP contribution in [0.15, 0.2) is 18.2 Å². The van der Waals surface area contributed by atoms with Gasteiger partial charge in [0.2, 0.25) is 0 Å². The van der Waals surface area contributed by atoms with Crippen LogP contribution in [0.25, 0.3) is 0 Å². The Balaban J connectivity index is 2.38. The first-order valence-electron chi connectivity index (χ1n) is 5.37. The van der Waals surface area contributed by atoms with Crippen LogP contribution in [0, 0.1) is 0 Å². The summed E-state index contributed by atoms with van der Waals surface area (Å²) in [7, 11) is 1.70. The molecule has 1 aromatic rings. The maximum Gasteiger partial charge on any atom is 0.138 e. The second-order valence-electron chi connectivity index (χ2n) is 3.57. The van der Waals surface area contributed by atoms with Crippen molar-refractivity contribution in [3.63, 3.8) is 0 Å². The first kappa shape index (κ1) is 10.5. The number of methoxy groups -OCH3 is 1. The molecule has 0 saturated carbocycles. The van der Waals surface area contributed by atoms with Crippen LogP contribution >= 0.6 is 0 Å². The Morgan fingerprint density at radius 2 is 2.33 bits per heavy atom. The summed E-state index contributed by atoms with van der Waals surface area (Å²) in [6.07, 6.45) is 1.02. The van der Waals surface area contributed by atoms with Crippen molar-refractivity contribution in [3.05, 3.63) is 29.3 Å². The second kappa shape index (κ2) is 4.64. The highest BCUT2D eigenvalue weighted by atomic mass is 16.5. The fourth-order valence-corrected chi connectivity index (χ4v) is 2.03. The molecule has 3 heteroatoms. The summed E-state index contributed by atoms with van der Waals surface area (Å²) in [5, 5.41) is 3.35. The van der Waals surface area contributed by atoms with Crippen molar-refractivity contribution in [2.45, 2.75) is 19.6 Å². The van der Waals surface area contributed by atoms with Gasteiger partial charge in [0.15, 0.2) is 0 Å². The molecule has 15 heavy (non-hydrogen) atoms. The lowest BCUT2D eigenvalue weighted by Gasteiger charge is -2.28. The first-order valence-corrected chi connectivity index (χ1v) is 5.37. The molecule has 0 bridgehead atoms. The van der Waals surface area contributed by atoms with Crippen LogP contribution in [0.3, 0.4) is 0 Å². The second-order valence-corrected chi connectivity index (χ2v) is 3.57. The molecular weight excluding hydrogens is 190 g/mol. The molecule has 3 nitrogen and oxygen atoms in total. The van der Waals surface area contributed by atoms with Crippen LogP contribution in [0.1, 0.15) is 24.3 Å². The minimum absolute atomic E-state index is 0.0186. The third-order valence-corrected chi connectivity index (χ3v) is 2.70. The van der Waals surface area contributed by atoms with E-state index in [1.165, 1.54) is 5.56 Å². The Bertz CT molecular complexity index is 324. The van der Waals surface area contributed by atoms with Crippen molar-refractivity contribution in [3.8, 4) is 5.75 Å². The molecule has 0 amide bonds. The van der Waals surface area contributed by atoms with Crippen molar-refractivity contribution in [2.24, 2.45) is 0 Å². The molecule has 1 heterocycles. The van der Waals surface area contributed by atoms with Gasteiger partial charge in [0.1, 0.15) is 12.0 Å². The molecule has 0 radical (unpaired) electrons. The summed E-state index contributed by atoms with van der Waals surface area (Å²) in [5.74, 6) is 0.915. The van der Waals surface area contributed by atoms with E-state index in [1.54, 1.807) is 7.11 Å². The highest BCUT2D eigenvalue weighted by Crippen LogP contribution is 2.32. The van der Waals surface area contributed by atoms with Gasteiger partial charge in [-0.2, -0.15) is 0 Å². The van der Waals surface area contributed by atoms with Crippen molar-refractivity contribution < 1.29 is 9.47 Å². The van der Waals surface area contributed by atoms with E-state index >= 15 is 0 Å². The van der Waals surface area contributed by atoms with Crippen molar-refractivity contribution >= 4 is 0 Å². The van der Waals surface area contributed by atoms with Crippen LogP contribution in [0.5, 0.6) is 5.75 Å². The molecule has 1 unspecified atom stereocenters. The van der Waals surface area contributed by atoms with Crippen molar-refractivity contribution in [2.75, 3.05) is 20.3 Å². The average Bonchev–Trinajstić information content (AvgIpc) is 2.29. The third kappa shape index (κ3) is 1.98.